The molecule has 2 saturated heterocycles. The summed E-state index contributed by atoms with van der Waals surface area (Å²) in [7, 11) is 3.14. The van der Waals surface area contributed by atoms with E-state index in [1.54, 1.807) is 26.4 Å². The van der Waals surface area contributed by atoms with Crippen molar-refractivity contribution in [3.05, 3.63) is 53.1 Å². The van der Waals surface area contributed by atoms with Gasteiger partial charge in [-0.25, -0.2) is 0 Å². The Morgan fingerprint density at radius 3 is 2.33 bits per heavy atom. The van der Waals surface area contributed by atoms with E-state index in [1.165, 1.54) is 5.56 Å². The Kier molecular flexibility index (Phi) is 8.75. The van der Waals surface area contributed by atoms with Crippen LogP contribution in [0.3, 0.4) is 0 Å². The van der Waals surface area contributed by atoms with E-state index in [1.807, 2.05) is 4.90 Å². The van der Waals surface area contributed by atoms with E-state index in [-0.39, 0.29) is 24.0 Å². The number of amides is 1. The Hall–Kier alpha value is -2.77. The maximum Gasteiger partial charge on any atom is 0.223 e. The average molecular weight is 497 g/mol. The SMILES string of the molecule is COc1cc(O)c(C(CC(=O)N2CC(C)CC(C)C2)c2ccc(CN3CCOCC3)cc2)c(OC)c1. The third-order valence-electron chi connectivity index (χ3n) is 7.39. The van der Waals surface area contributed by atoms with Crippen LogP contribution >= 0.6 is 0 Å². The van der Waals surface area contributed by atoms with Crippen molar-refractivity contribution in [1.82, 2.24) is 9.80 Å². The molecule has 1 amide bonds. The van der Waals surface area contributed by atoms with Crippen LogP contribution in [0, 0.1) is 11.8 Å². The Balaban J connectivity index is 1.64. The quantitative estimate of drug-likeness (QED) is 0.589. The first-order valence-electron chi connectivity index (χ1n) is 13.0. The summed E-state index contributed by atoms with van der Waals surface area (Å²) in [5, 5.41) is 11.0. The summed E-state index contributed by atoms with van der Waals surface area (Å²) >= 11 is 0. The van der Waals surface area contributed by atoms with Gasteiger partial charge < -0.3 is 24.2 Å². The van der Waals surface area contributed by atoms with Crippen LogP contribution in [-0.4, -0.2) is 74.4 Å². The maximum atomic E-state index is 13.6. The summed E-state index contributed by atoms with van der Waals surface area (Å²) in [6, 6.07) is 11.8. The number of hydrogen-bond donors (Lipinski definition) is 1. The number of carbonyl (C=O) groups is 1. The molecule has 7 heteroatoms. The zero-order valence-corrected chi connectivity index (χ0v) is 22.0. The minimum Gasteiger partial charge on any atom is -0.507 e. The van der Waals surface area contributed by atoms with Crippen molar-refractivity contribution >= 4 is 5.91 Å². The second-order valence-corrected chi connectivity index (χ2v) is 10.4. The molecule has 2 aromatic rings. The van der Waals surface area contributed by atoms with E-state index in [9.17, 15) is 9.90 Å². The molecule has 2 aliphatic rings. The summed E-state index contributed by atoms with van der Waals surface area (Å²) in [5.41, 5.74) is 2.81. The van der Waals surface area contributed by atoms with Crippen LogP contribution < -0.4 is 9.47 Å². The highest BCUT2D eigenvalue weighted by molar-refractivity contribution is 5.78. The van der Waals surface area contributed by atoms with Crippen molar-refractivity contribution in [3.8, 4) is 17.2 Å². The number of hydrogen-bond acceptors (Lipinski definition) is 6. The Morgan fingerprint density at radius 2 is 1.72 bits per heavy atom. The number of nitrogens with zero attached hydrogens (tertiary/aromatic N) is 2. The van der Waals surface area contributed by atoms with Gasteiger partial charge >= 0.3 is 0 Å². The molecule has 36 heavy (non-hydrogen) atoms. The highest BCUT2D eigenvalue weighted by Gasteiger charge is 2.31. The second-order valence-electron chi connectivity index (χ2n) is 10.4. The largest absolute Gasteiger partial charge is 0.507 e. The lowest BCUT2D eigenvalue weighted by molar-refractivity contribution is -0.134. The first kappa shape index (κ1) is 26.3. The first-order valence-corrected chi connectivity index (χ1v) is 13.0. The topological polar surface area (TPSA) is 71.5 Å². The van der Waals surface area contributed by atoms with Gasteiger partial charge in [-0.05, 0) is 29.4 Å². The predicted molar refractivity (Wildman–Crippen MR) is 140 cm³/mol. The van der Waals surface area contributed by atoms with Crippen LogP contribution in [0.5, 0.6) is 17.2 Å². The van der Waals surface area contributed by atoms with Gasteiger partial charge in [0.15, 0.2) is 0 Å². The van der Waals surface area contributed by atoms with E-state index in [2.05, 4.69) is 43.0 Å². The molecule has 7 nitrogen and oxygen atoms in total. The van der Waals surface area contributed by atoms with Crippen LogP contribution in [0.1, 0.15) is 49.3 Å². The minimum absolute atomic E-state index is 0.0711. The number of methoxy groups -OCH3 is 2. The van der Waals surface area contributed by atoms with Gasteiger partial charge in [0, 0.05) is 62.8 Å². The molecule has 3 unspecified atom stereocenters. The normalized spacial score (nSPS) is 21.7. The first-order chi connectivity index (χ1) is 17.4. The Bertz CT molecular complexity index is 1010. The zero-order valence-electron chi connectivity index (χ0n) is 22.0. The lowest BCUT2D eigenvalue weighted by Gasteiger charge is -2.36. The van der Waals surface area contributed by atoms with E-state index < -0.39 is 0 Å². The molecule has 3 atom stereocenters. The van der Waals surface area contributed by atoms with Gasteiger partial charge in [-0.1, -0.05) is 38.1 Å². The molecular formula is C29H40N2O5. The number of piperidine rings is 1. The van der Waals surface area contributed by atoms with Crippen molar-refractivity contribution in [3.63, 3.8) is 0 Å². The summed E-state index contributed by atoms with van der Waals surface area (Å²) in [6.07, 6.45) is 1.41. The van der Waals surface area contributed by atoms with E-state index >= 15 is 0 Å². The lowest BCUT2D eigenvalue weighted by Crippen LogP contribution is -2.43. The van der Waals surface area contributed by atoms with Crippen molar-refractivity contribution in [2.24, 2.45) is 11.8 Å². The van der Waals surface area contributed by atoms with Crippen LogP contribution in [0.15, 0.2) is 36.4 Å². The number of rotatable bonds is 8. The van der Waals surface area contributed by atoms with Crippen LogP contribution in [0.4, 0.5) is 0 Å². The average Bonchev–Trinajstić information content (AvgIpc) is 2.87. The minimum atomic E-state index is -0.344. The zero-order chi connectivity index (χ0) is 25.7. The fraction of sp³-hybridized carbons (Fsp3) is 0.552. The summed E-state index contributed by atoms with van der Waals surface area (Å²) in [4.78, 5) is 17.9. The van der Waals surface area contributed by atoms with Crippen molar-refractivity contribution in [1.29, 1.82) is 0 Å². The highest BCUT2D eigenvalue weighted by atomic mass is 16.5. The molecule has 2 aliphatic heterocycles. The van der Waals surface area contributed by atoms with Crippen LogP contribution in [0.2, 0.25) is 0 Å². The number of carbonyl (C=O) groups excluding carboxylic acids is 1. The number of morpholine rings is 1. The molecule has 2 aromatic carbocycles. The molecule has 0 aliphatic carbocycles. The van der Waals surface area contributed by atoms with E-state index in [0.717, 1.165) is 57.9 Å². The van der Waals surface area contributed by atoms with E-state index in [4.69, 9.17) is 14.2 Å². The smallest absolute Gasteiger partial charge is 0.223 e. The Morgan fingerprint density at radius 1 is 1.06 bits per heavy atom. The van der Waals surface area contributed by atoms with Crippen molar-refractivity contribution in [2.75, 3.05) is 53.6 Å². The highest BCUT2D eigenvalue weighted by Crippen LogP contribution is 2.43. The molecule has 2 fully saturated rings. The fourth-order valence-corrected chi connectivity index (χ4v) is 5.65. The predicted octanol–water partition coefficient (Wildman–Crippen LogP) is 4.27. The summed E-state index contributed by atoms with van der Waals surface area (Å²) < 4.78 is 16.5. The molecule has 0 saturated carbocycles. The van der Waals surface area contributed by atoms with Gasteiger partial charge in [0.05, 0.1) is 27.4 Å². The molecule has 0 radical (unpaired) electrons. The number of phenolic OH excluding ortho intramolecular Hbond substituents is 1. The molecule has 4 rings (SSSR count). The Labute approximate surface area is 214 Å². The molecule has 0 spiro atoms. The molecular weight excluding hydrogens is 456 g/mol. The van der Waals surface area contributed by atoms with Gasteiger partial charge in [-0.2, -0.15) is 0 Å². The number of phenols is 1. The second kappa shape index (κ2) is 12.0. The number of aromatic hydroxyl groups is 1. The third-order valence-corrected chi connectivity index (χ3v) is 7.39. The number of likely N-dealkylation sites (tertiary alicyclic amines) is 1. The van der Waals surface area contributed by atoms with Crippen molar-refractivity contribution < 1.29 is 24.1 Å². The molecule has 0 aromatic heterocycles. The fourth-order valence-electron chi connectivity index (χ4n) is 5.65. The van der Waals surface area contributed by atoms with E-state index in [0.29, 0.717) is 28.9 Å². The van der Waals surface area contributed by atoms with Gasteiger partial charge in [-0.3, -0.25) is 9.69 Å². The van der Waals surface area contributed by atoms with Crippen LogP contribution in [0.25, 0.3) is 0 Å². The van der Waals surface area contributed by atoms with Gasteiger partial charge in [0.1, 0.15) is 17.2 Å². The monoisotopic (exact) mass is 496 g/mol. The van der Waals surface area contributed by atoms with Gasteiger partial charge in [-0.15, -0.1) is 0 Å². The summed E-state index contributed by atoms with van der Waals surface area (Å²) in [6.45, 7) is 10.2. The molecule has 0 bridgehead atoms. The maximum absolute atomic E-state index is 13.6. The number of benzene rings is 2. The lowest BCUT2D eigenvalue weighted by atomic mass is 9.85. The van der Waals surface area contributed by atoms with Crippen LogP contribution in [-0.2, 0) is 16.1 Å². The standard InChI is InChI=1S/C29H40N2O5/c1-20-13-21(2)18-31(17-20)28(33)16-25(29-26(32)14-24(34-3)15-27(29)35-4)23-7-5-22(6-8-23)19-30-9-11-36-12-10-30/h5-8,14-15,20-21,25,32H,9-13,16-19H2,1-4H3. The molecule has 1 N–H and O–H groups in total. The molecule has 196 valence electrons. The van der Waals surface area contributed by atoms with Gasteiger partial charge in [0.2, 0.25) is 5.91 Å². The molecule has 2 heterocycles. The third kappa shape index (κ3) is 6.31. The van der Waals surface area contributed by atoms with Crippen molar-refractivity contribution in [2.45, 2.75) is 39.2 Å². The van der Waals surface area contributed by atoms with Gasteiger partial charge in [0.25, 0.3) is 0 Å². The summed E-state index contributed by atoms with van der Waals surface area (Å²) in [5.74, 6) is 1.83. The number of ether oxygens (including phenoxy) is 3.